The lowest BCUT2D eigenvalue weighted by atomic mass is 9.93. The second-order valence-electron chi connectivity index (χ2n) is 8.13. The quantitative estimate of drug-likeness (QED) is 0.591. The van der Waals surface area contributed by atoms with Gasteiger partial charge in [-0.1, -0.05) is 19.1 Å². The number of carbonyl (C=O) groups is 1. The first-order valence-corrected chi connectivity index (χ1v) is 10.7. The molecular weight excluding hydrogens is 378 g/mol. The number of guanidine groups is 1. The Bertz CT molecular complexity index is 862. The Labute approximate surface area is 178 Å². The zero-order valence-electron chi connectivity index (χ0n) is 17.8. The fourth-order valence-electron chi connectivity index (χ4n) is 4.29. The molecule has 3 heterocycles. The number of piperazine rings is 1. The number of anilines is 1. The number of carbonyl (C=O) groups excluding carboxylic acids is 1. The van der Waals surface area contributed by atoms with Crippen LogP contribution in [-0.2, 0) is 11.3 Å². The monoisotopic (exact) mass is 409 g/mol. The van der Waals surface area contributed by atoms with E-state index in [1.807, 2.05) is 25.8 Å². The Morgan fingerprint density at radius 1 is 1.30 bits per heavy atom. The zero-order chi connectivity index (χ0) is 20.9. The average Bonchev–Trinajstić information content (AvgIpc) is 3.30. The first kappa shape index (κ1) is 20.3. The predicted molar refractivity (Wildman–Crippen MR) is 118 cm³/mol. The zero-order valence-corrected chi connectivity index (χ0v) is 17.8. The summed E-state index contributed by atoms with van der Waals surface area (Å²) in [6.07, 6.45) is 6.93. The molecule has 1 aromatic heterocycles. The molecule has 160 valence electrons. The minimum atomic E-state index is 0.0839. The topological polar surface area (TPSA) is 77.8 Å². The number of likely N-dealkylation sites (tertiary alicyclic amines) is 1. The van der Waals surface area contributed by atoms with Crippen molar-refractivity contribution in [2.45, 2.75) is 25.9 Å². The molecule has 0 aliphatic carbocycles. The van der Waals surface area contributed by atoms with Crippen LogP contribution in [0.25, 0.3) is 0 Å². The van der Waals surface area contributed by atoms with Crippen molar-refractivity contribution >= 4 is 17.6 Å². The molecule has 1 amide bonds. The summed E-state index contributed by atoms with van der Waals surface area (Å²) in [4.78, 5) is 24.8. The van der Waals surface area contributed by atoms with Crippen LogP contribution in [0.5, 0.6) is 0 Å². The van der Waals surface area contributed by atoms with E-state index in [2.05, 4.69) is 66.2 Å². The molecule has 2 aliphatic heterocycles. The first-order chi connectivity index (χ1) is 14.6. The molecule has 2 unspecified atom stereocenters. The van der Waals surface area contributed by atoms with Gasteiger partial charge in [-0.25, -0.2) is 4.98 Å². The number of nitrogens with one attached hydrogen (secondary N) is 2. The molecule has 0 spiro atoms. The third-order valence-corrected chi connectivity index (χ3v) is 6.13. The van der Waals surface area contributed by atoms with Crippen LogP contribution < -0.4 is 15.5 Å². The van der Waals surface area contributed by atoms with E-state index >= 15 is 0 Å². The molecule has 2 aliphatic rings. The molecule has 2 fully saturated rings. The highest BCUT2D eigenvalue weighted by atomic mass is 16.2. The van der Waals surface area contributed by atoms with Gasteiger partial charge in [0.1, 0.15) is 0 Å². The Morgan fingerprint density at radius 3 is 2.83 bits per heavy atom. The van der Waals surface area contributed by atoms with Crippen LogP contribution in [0.2, 0.25) is 0 Å². The average molecular weight is 410 g/mol. The predicted octanol–water partition coefficient (Wildman–Crippen LogP) is 1.48. The fraction of sp³-hybridized carbons (Fsp3) is 0.500. The van der Waals surface area contributed by atoms with E-state index in [-0.39, 0.29) is 5.91 Å². The van der Waals surface area contributed by atoms with E-state index in [1.54, 1.807) is 0 Å². The summed E-state index contributed by atoms with van der Waals surface area (Å²) in [6.45, 7) is 6.93. The summed E-state index contributed by atoms with van der Waals surface area (Å²) >= 11 is 0. The number of benzene rings is 1. The van der Waals surface area contributed by atoms with Gasteiger partial charge in [-0.15, -0.1) is 0 Å². The minimum Gasteiger partial charge on any atom is -0.360 e. The van der Waals surface area contributed by atoms with Gasteiger partial charge in [-0.3, -0.25) is 9.79 Å². The molecular formula is C22H31N7O. The van der Waals surface area contributed by atoms with Crippen LogP contribution in [0, 0.1) is 5.92 Å². The third-order valence-electron chi connectivity index (χ3n) is 6.13. The van der Waals surface area contributed by atoms with E-state index in [0.29, 0.717) is 25.0 Å². The number of hydrogen-bond acceptors (Lipinski definition) is 4. The van der Waals surface area contributed by atoms with Gasteiger partial charge in [0.15, 0.2) is 5.96 Å². The smallest absolute Gasteiger partial charge is 0.239 e. The maximum absolute atomic E-state index is 11.6. The van der Waals surface area contributed by atoms with Crippen molar-refractivity contribution in [2.24, 2.45) is 10.9 Å². The van der Waals surface area contributed by atoms with E-state index in [0.717, 1.165) is 44.2 Å². The molecule has 0 saturated carbocycles. The van der Waals surface area contributed by atoms with Crippen LogP contribution in [0.4, 0.5) is 5.69 Å². The molecule has 4 rings (SSSR count). The van der Waals surface area contributed by atoms with Crippen LogP contribution in [0.15, 0.2) is 48.0 Å². The van der Waals surface area contributed by atoms with Crippen LogP contribution >= 0.6 is 0 Å². The molecule has 8 heteroatoms. The molecule has 2 aromatic rings. The number of aromatic nitrogens is 2. The van der Waals surface area contributed by atoms with Crippen LogP contribution in [0.3, 0.4) is 0 Å². The van der Waals surface area contributed by atoms with E-state index < -0.39 is 0 Å². The first-order valence-electron chi connectivity index (χ1n) is 10.7. The SMILES string of the molecule is CN=C(NCc1ccc(N2CCNC(=O)C2)cc1)N1CCC(C)C(n2ccnc2)C1. The molecule has 30 heavy (non-hydrogen) atoms. The Kier molecular flexibility index (Phi) is 6.21. The minimum absolute atomic E-state index is 0.0839. The summed E-state index contributed by atoms with van der Waals surface area (Å²) in [5.41, 5.74) is 2.28. The number of piperidine rings is 1. The summed E-state index contributed by atoms with van der Waals surface area (Å²) in [6, 6.07) is 8.83. The van der Waals surface area contributed by atoms with Gasteiger partial charge in [0.25, 0.3) is 0 Å². The van der Waals surface area contributed by atoms with Gasteiger partial charge in [0.05, 0.1) is 18.9 Å². The molecule has 2 N–H and O–H groups in total. The van der Waals surface area contributed by atoms with E-state index in [1.165, 1.54) is 5.56 Å². The maximum Gasteiger partial charge on any atom is 0.239 e. The Morgan fingerprint density at radius 2 is 2.13 bits per heavy atom. The Balaban J connectivity index is 1.34. The van der Waals surface area contributed by atoms with E-state index in [9.17, 15) is 4.79 Å². The molecule has 0 radical (unpaired) electrons. The van der Waals surface area contributed by atoms with Crippen molar-refractivity contribution in [3.63, 3.8) is 0 Å². The highest BCUT2D eigenvalue weighted by molar-refractivity contribution is 5.82. The molecule has 2 atom stereocenters. The van der Waals surface area contributed by atoms with Gasteiger partial charge in [0, 0.05) is 57.9 Å². The van der Waals surface area contributed by atoms with Gasteiger partial charge in [0.2, 0.25) is 5.91 Å². The molecule has 0 bridgehead atoms. The summed E-state index contributed by atoms with van der Waals surface area (Å²) in [5.74, 6) is 1.63. The highest BCUT2D eigenvalue weighted by Gasteiger charge is 2.28. The van der Waals surface area contributed by atoms with Gasteiger partial charge < -0.3 is 25.0 Å². The summed E-state index contributed by atoms with van der Waals surface area (Å²) < 4.78 is 2.21. The largest absolute Gasteiger partial charge is 0.360 e. The fourth-order valence-corrected chi connectivity index (χ4v) is 4.29. The van der Waals surface area contributed by atoms with Crippen molar-refractivity contribution in [1.29, 1.82) is 0 Å². The Hall–Kier alpha value is -3.03. The number of amides is 1. The van der Waals surface area contributed by atoms with Crippen LogP contribution in [-0.4, -0.2) is 66.1 Å². The highest BCUT2D eigenvalue weighted by Crippen LogP contribution is 2.27. The van der Waals surface area contributed by atoms with Crippen molar-refractivity contribution in [1.82, 2.24) is 25.1 Å². The molecule has 1 aromatic carbocycles. The van der Waals surface area contributed by atoms with Crippen molar-refractivity contribution in [3.8, 4) is 0 Å². The lowest BCUT2D eigenvalue weighted by Gasteiger charge is -2.39. The molecule has 8 nitrogen and oxygen atoms in total. The van der Waals surface area contributed by atoms with Gasteiger partial charge in [-0.2, -0.15) is 0 Å². The maximum atomic E-state index is 11.6. The van der Waals surface area contributed by atoms with E-state index in [4.69, 9.17) is 0 Å². The van der Waals surface area contributed by atoms with Crippen molar-refractivity contribution in [2.75, 3.05) is 44.7 Å². The molecule has 2 saturated heterocycles. The standard InChI is InChI=1S/C22H31N7O/c1-17-7-10-28(14-20(17)29-11-8-24-16-29)22(23-2)26-13-18-3-5-19(6-4-18)27-12-9-25-21(30)15-27/h3-6,8,11,16-17,20H,7,9-10,12-15H2,1-2H3,(H,23,26)(H,25,30). The second kappa shape index (κ2) is 9.19. The number of aliphatic imine (C=N–C) groups is 1. The van der Waals surface area contributed by atoms with Gasteiger partial charge >= 0.3 is 0 Å². The third kappa shape index (κ3) is 4.58. The summed E-state index contributed by atoms with van der Waals surface area (Å²) in [7, 11) is 1.84. The lowest BCUT2D eigenvalue weighted by molar-refractivity contribution is -0.120. The number of rotatable bonds is 4. The number of hydrogen-bond donors (Lipinski definition) is 2. The normalized spacial score (nSPS) is 22.7. The lowest BCUT2D eigenvalue weighted by Crippen LogP contribution is -2.48. The number of nitrogens with zero attached hydrogens (tertiary/aromatic N) is 5. The summed E-state index contributed by atoms with van der Waals surface area (Å²) in [5, 5.41) is 6.38. The van der Waals surface area contributed by atoms with Crippen LogP contribution in [0.1, 0.15) is 24.9 Å². The second-order valence-corrected chi connectivity index (χ2v) is 8.13. The van der Waals surface area contributed by atoms with Crippen molar-refractivity contribution < 1.29 is 4.79 Å². The van der Waals surface area contributed by atoms with Crippen molar-refractivity contribution in [3.05, 3.63) is 48.5 Å². The van der Waals surface area contributed by atoms with Gasteiger partial charge in [-0.05, 0) is 30.0 Å². The number of imidazole rings is 1.